The number of aryl methyl sites for hydroxylation is 2. The number of unbranched alkanes of at least 4 members (excludes halogenated alkanes) is 1. The maximum atomic E-state index is 12.9. The number of fused-ring (bicyclic) bond motifs is 1. The summed E-state index contributed by atoms with van der Waals surface area (Å²) in [4.78, 5) is 17.6. The highest BCUT2D eigenvalue weighted by Crippen LogP contribution is 2.31. The number of nitrogens with one attached hydrogen (secondary N) is 1. The van der Waals surface area contributed by atoms with Gasteiger partial charge in [0.2, 0.25) is 5.91 Å². The van der Waals surface area contributed by atoms with E-state index in [1.165, 1.54) is 0 Å². The van der Waals surface area contributed by atoms with Crippen molar-refractivity contribution in [3.63, 3.8) is 0 Å². The van der Waals surface area contributed by atoms with E-state index in [1.54, 1.807) is 0 Å². The zero-order valence-corrected chi connectivity index (χ0v) is 16.0. The Morgan fingerprint density at radius 1 is 1.23 bits per heavy atom. The molecule has 0 bridgehead atoms. The van der Waals surface area contributed by atoms with Gasteiger partial charge in [-0.2, -0.15) is 0 Å². The fraction of sp³-hybridized carbons (Fsp3) is 0.429. The van der Waals surface area contributed by atoms with Crippen LogP contribution in [0.4, 0.5) is 5.82 Å². The number of nitrogens with zero attached hydrogens (tertiary/aromatic N) is 2. The minimum Gasteiger partial charge on any atom is -0.460 e. The molecule has 1 atom stereocenters. The lowest BCUT2D eigenvalue weighted by Crippen LogP contribution is -2.23. The van der Waals surface area contributed by atoms with E-state index in [0.717, 1.165) is 42.7 Å². The Morgan fingerprint density at radius 2 is 2.04 bits per heavy atom. The Morgan fingerprint density at radius 3 is 2.69 bits per heavy atom. The molecule has 0 fully saturated rings. The average molecular weight is 353 g/mol. The van der Waals surface area contributed by atoms with Crippen LogP contribution in [-0.2, 0) is 4.79 Å². The Kier molecular flexibility index (Phi) is 5.45. The third-order valence-electron chi connectivity index (χ3n) is 4.75. The van der Waals surface area contributed by atoms with E-state index in [-0.39, 0.29) is 11.8 Å². The number of pyridine rings is 1. The molecule has 1 N–H and O–H groups in total. The molecule has 0 radical (unpaired) electrons. The number of rotatable bonds is 7. The summed E-state index contributed by atoms with van der Waals surface area (Å²) in [6.45, 7) is 8.14. The van der Waals surface area contributed by atoms with Crippen LogP contribution in [0.1, 0.15) is 50.9 Å². The molecular weight excluding hydrogens is 326 g/mol. The lowest BCUT2D eigenvalue weighted by atomic mass is 9.98. The number of carbonyl (C=O) groups excluding carboxylic acids is 1. The summed E-state index contributed by atoms with van der Waals surface area (Å²) in [5.41, 5.74) is 2.56. The molecule has 5 heteroatoms. The molecule has 3 rings (SSSR count). The van der Waals surface area contributed by atoms with Gasteiger partial charge in [0.25, 0.3) is 0 Å². The van der Waals surface area contributed by atoms with Crippen molar-refractivity contribution in [1.82, 2.24) is 9.38 Å². The third-order valence-corrected chi connectivity index (χ3v) is 4.75. The molecule has 0 aliphatic carbocycles. The molecule has 26 heavy (non-hydrogen) atoms. The SMILES string of the molecule is CCCC[C@@H](CC)C(=O)Nc1c(-c2ccc(C)o2)nc2ccc(C)cn12. The predicted molar refractivity (Wildman–Crippen MR) is 104 cm³/mol. The number of furan rings is 1. The number of amides is 1. The highest BCUT2D eigenvalue weighted by molar-refractivity contribution is 5.95. The van der Waals surface area contributed by atoms with Crippen LogP contribution in [0, 0.1) is 19.8 Å². The van der Waals surface area contributed by atoms with E-state index in [2.05, 4.69) is 19.2 Å². The molecule has 5 nitrogen and oxygen atoms in total. The van der Waals surface area contributed by atoms with Crippen LogP contribution < -0.4 is 5.32 Å². The standard InChI is InChI=1S/C21H27N3O2/c1-5-7-8-16(6-2)21(25)23-20-19(17-11-10-15(4)26-17)22-18-12-9-14(3)13-24(18)20/h9-13,16H,5-8H2,1-4H3,(H,23,25)/t16-/m1/s1. The fourth-order valence-corrected chi connectivity index (χ4v) is 3.19. The summed E-state index contributed by atoms with van der Waals surface area (Å²) >= 11 is 0. The van der Waals surface area contributed by atoms with Crippen LogP contribution >= 0.6 is 0 Å². The van der Waals surface area contributed by atoms with E-state index < -0.39 is 0 Å². The normalized spacial score (nSPS) is 12.5. The molecule has 0 unspecified atom stereocenters. The maximum absolute atomic E-state index is 12.9. The van der Waals surface area contributed by atoms with Gasteiger partial charge in [0.15, 0.2) is 5.76 Å². The number of aromatic nitrogens is 2. The van der Waals surface area contributed by atoms with E-state index >= 15 is 0 Å². The summed E-state index contributed by atoms with van der Waals surface area (Å²) in [5, 5.41) is 3.13. The van der Waals surface area contributed by atoms with Crippen molar-refractivity contribution in [1.29, 1.82) is 0 Å². The quantitative estimate of drug-likeness (QED) is 0.621. The first-order valence-corrected chi connectivity index (χ1v) is 9.39. The molecule has 0 saturated heterocycles. The van der Waals surface area contributed by atoms with Crippen molar-refractivity contribution in [2.75, 3.05) is 5.32 Å². The first kappa shape index (κ1) is 18.2. The van der Waals surface area contributed by atoms with Crippen molar-refractivity contribution >= 4 is 17.4 Å². The van der Waals surface area contributed by atoms with Crippen LogP contribution in [0.2, 0.25) is 0 Å². The monoisotopic (exact) mass is 353 g/mol. The summed E-state index contributed by atoms with van der Waals surface area (Å²) in [6.07, 6.45) is 5.88. The molecule has 0 saturated carbocycles. The zero-order chi connectivity index (χ0) is 18.7. The van der Waals surface area contributed by atoms with Crippen LogP contribution in [0.25, 0.3) is 17.1 Å². The van der Waals surface area contributed by atoms with Crippen LogP contribution in [-0.4, -0.2) is 15.3 Å². The smallest absolute Gasteiger partial charge is 0.228 e. The number of hydrogen-bond donors (Lipinski definition) is 1. The van der Waals surface area contributed by atoms with Gasteiger partial charge in [-0.15, -0.1) is 0 Å². The van der Waals surface area contributed by atoms with Gasteiger partial charge in [-0.05, 0) is 50.5 Å². The lowest BCUT2D eigenvalue weighted by Gasteiger charge is -2.15. The topological polar surface area (TPSA) is 59.5 Å². The number of carbonyl (C=O) groups is 1. The van der Waals surface area contributed by atoms with Crippen LogP contribution in [0.5, 0.6) is 0 Å². The molecule has 3 aromatic rings. The number of hydrogen-bond acceptors (Lipinski definition) is 3. The molecular formula is C21H27N3O2. The van der Waals surface area contributed by atoms with Crippen molar-refractivity contribution in [3.05, 3.63) is 41.8 Å². The van der Waals surface area contributed by atoms with Gasteiger partial charge in [0.05, 0.1) is 0 Å². The highest BCUT2D eigenvalue weighted by atomic mass is 16.3. The first-order valence-electron chi connectivity index (χ1n) is 9.39. The van der Waals surface area contributed by atoms with Crippen LogP contribution in [0.3, 0.4) is 0 Å². The second kappa shape index (κ2) is 7.77. The first-order chi connectivity index (χ1) is 12.5. The predicted octanol–water partition coefficient (Wildman–Crippen LogP) is 5.37. The molecule has 0 aromatic carbocycles. The minimum atomic E-state index is 0.0106. The fourth-order valence-electron chi connectivity index (χ4n) is 3.19. The Bertz CT molecular complexity index is 907. The average Bonchev–Trinajstić information content (AvgIpc) is 3.19. The van der Waals surface area contributed by atoms with Crippen molar-refractivity contribution in [2.24, 2.45) is 5.92 Å². The van der Waals surface area contributed by atoms with E-state index in [1.807, 2.05) is 48.7 Å². The lowest BCUT2D eigenvalue weighted by molar-refractivity contribution is -0.120. The number of imidazole rings is 1. The van der Waals surface area contributed by atoms with Crippen molar-refractivity contribution in [2.45, 2.75) is 53.4 Å². The molecule has 1 amide bonds. The van der Waals surface area contributed by atoms with Gasteiger partial charge in [-0.25, -0.2) is 4.98 Å². The molecule has 0 aliphatic rings. The van der Waals surface area contributed by atoms with Gasteiger partial charge in [0, 0.05) is 12.1 Å². The number of anilines is 1. The summed E-state index contributed by atoms with van der Waals surface area (Å²) in [6, 6.07) is 7.78. The second-order valence-electron chi connectivity index (χ2n) is 6.89. The molecule has 138 valence electrons. The zero-order valence-electron chi connectivity index (χ0n) is 16.0. The molecule has 3 aromatic heterocycles. The van der Waals surface area contributed by atoms with Gasteiger partial charge < -0.3 is 9.73 Å². The summed E-state index contributed by atoms with van der Waals surface area (Å²) < 4.78 is 7.71. The van der Waals surface area contributed by atoms with Gasteiger partial charge >= 0.3 is 0 Å². The molecule has 0 aliphatic heterocycles. The second-order valence-corrected chi connectivity index (χ2v) is 6.89. The molecule has 0 spiro atoms. The van der Waals surface area contributed by atoms with Gasteiger partial charge in [-0.3, -0.25) is 9.20 Å². The third kappa shape index (κ3) is 3.66. The summed E-state index contributed by atoms with van der Waals surface area (Å²) in [5.74, 6) is 2.23. The van der Waals surface area contributed by atoms with E-state index in [9.17, 15) is 4.79 Å². The highest BCUT2D eigenvalue weighted by Gasteiger charge is 2.22. The van der Waals surface area contributed by atoms with E-state index in [0.29, 0.717) is 17.3 Å². The van der Waals surface area contributed by atoms with Crippen LogP contribution in [0.15, 0.2) is 34.9 Å². The maximum Gasteiger partial charge on any atom is 0.228 e. The largest absolute Gasteiger partial charge is 0.460 e. The van der Waals surface area contributed by atoms with E-state index in [4.69, 9.17) is 9.40 Å². The Hall–Kier alpha value is -2.56. The molecule has 3 heterocycles. The Labute approximate surface area is 154 Å². The summed E-state index contributed by atoms with van der Waals surface area (Å²) in [7, 11) is 0. The van der Waals surface area contributed by atoms with Gasteiger partial charge in [0.1, 0.15) is 22.9 Å². The van der Waals surface area contributed by atoms with Crippen molar-refractivity contribution in [3.8, 4) is 11.5 Å². The Balaban J connectivity index is 2.02. The van der Waals surface area contributed by atoms with Gasteiger partial charge in [-0.1, -0.05) is 32.8 Å². The van der Waals surface area contributed by atoms with Crippen molar-refractivity contribution < 1.29 is 9.21 Å². The minimum absolute atomic E-state index is 0.0106.